The zero-order valence-electron chi connectivity index (χ0n) is 9.12. The molecule has 0 unspecified atom stereocenters. The summed E-state index contributed by atoms with van der Waals surface area (Å²) >= 11 is 0. The van der Waals surface area contributed by atoms with Crippen molar-refractivity contribution < 1.29 is 22.7 Å². The second-order valence-electron chi connectivity index (χ2n) is 3.26. The molecule has 9 heteroatoms. The number of amides is 1. The molecule has 0 aliphatic rings. The summed E-state index contributed by atoms with van der Waals surface area (Å²) in [5, 5.41) is 2.53. The van der Waals surface area contributed by atoms with Crippen molar-refractivity contribution in [3.8, 4) is 0 Å². The first-order valence-corrected chi connectivity index (χ1v) is 4.80. The number of nitrogens with one attached hydrogen (secondary N) is 1. The minimum absolute atomic E-state index is 0.0598. The Balaban J connectivity index is 2.66. The van der Waals surface area contributed by atoms with Crippen LogP contribution in [-0.2, 0) is 10.9 Å². The normalized spacial score (nSPS) is 11.1. The summed E-state index contributed by atoms with van der Waals surface area (Å²) in [5.74, 6) is -0.321. The highest BCUT2D eigenvalue weighted by Crippen LogP contribution is 2.31. The third-order valence-electron chi connectivity index (χ3n) is 1.82. The molecular weight excluding hydrogens is 253 g/mol. The Labute approximate surface area is 100 Å². The van der Waals surface area contributed by atoms with E-state index in [0.29, 0.717) is 0 Å². The third kappa shape index (κ3) is 4.36. The first kappa shape index (κ1) is 13.9. The Morgan fingerprint density at radius 3 is 2.67 bits per heavy atom. The van der Waals surface area contributed by atoms with Crippen molar-refractivity contribution in [2.45, 2.75) is 6.18 Å². The fourth-order valence-electron chi connectivity index (χ4n) is 1.14. The Kier molecular flexibility index (Phi) is 4.18. The van der Waals surface area contributed by atoms with Crippen molar-refractivity contribution in [1.29, 1.82) is 0 Å². The van der Waals surface area contributed by atoms with Gasteiger partial charge >= 0.3 is 12.3 Å². The van der Waals surface area contributed by atoms with Gasteiger partial charge in [-0.05, 0) is 12.1 Å². The monoisotopic (exact) mass is 264 g/mol. The first-order chi connectivity index (χ1) is 8.29. The molecule has 0 saturated heterocycles. The van der Waals surface area contributed by atoms with Crippen LogP contribution in [0.4, 0.5) is 29.6 Å². The van der Waals surface area contributed by atoms with Crippen LogP contribution in [0.5, 0.6) is 0 Å². The summed E-state index contributed by atoms with van der Waals surface area (Å²) in [4.78, 5) is 13.9. The molecule has 0 aliphatic carbocycles. The Hall–Kier alpha value is -2.19. The standard InChI is InChI=1S/C9H11F3N4O2/c10-9(11,12)5-3-6(13)16-7(4-5)15-1-2-18-8(14)17/h3-4H,1-2H2,(H2,14,17)(H3,13,15,16). The molecule has 0 aliphatic heterocycles. The lowest BCUT2D eigenvalue weighted by Gasteiger charge is -2.11. The topological polar surface area (TPSA) is 103 Å². The van der Waals surface area contributed by atoms with Crippen molar-refractivity contribution in [2.24, 2.45) is 5.73 Å². The van der Waals surface area contributed by atoms with Gasteiger partial charge in [0, 0.05) is 0 Å². The van der Waals surface area contributed by atoms with Crippen LogP contribution in [0, 0.1) is 0 Å². The summed E-state index contributed by atoms with van der Waals surface area (Å²) in [6, 6.07) is 1.53. The molecule has 0 bridgehead atoms. The van der Waals surface area contributed by atoms with Gasteiger partial charge in [0.25, 0.3) is 0 Å². The van der Waals surface area contributed by atoms with E-state index in [1.165, 1.54) is 0 Å². The van der Waals surface area contributed by atoms with E-state index in [1.807, 2.05) is 0 Å². The van der Waals surface area contributed by atoms with Gasteiger partial charge in [-0.25, -0.2) is 9.78 Å². The molecule has 6 nitrogen and oxygen atoms in total. The number of aromatic nitrogens is 1. The van der Waals surface area contributed by atoms with Crippen LogP contribution in [0.1, 0.15) is 5.56 Å². The zero-order chi connectivity index (χ0) is 13.8. The van der Waals surface area contributed by atoms with E-state index in [0.717, 1.165) is 12.1 Å². The second kappa shape index (κ2) is 5.43. The number of nitrogen functional groups attached to an aromatic ring is 1. The number of hydrogen-bond donors (Lipinski definition) is 3. The van der Waals surface area contributed by atoms with Crippen molar-refractivity contribution in [1.82, 2.24) is 4.98 Å². The van der Waals surface area contributed by atoms with E-state index >= 15 is 0 Å². The Morgan fingerprint density at radius 2 is 2.11 bits per heavy atom. The summed E-state index contributed by atoms with van der Waals surface area (Å²) in [5.41, 5.74) is 9.05. The van der Waals surface area contributed by atoms with Gasteiger partial charge in [0.1, 0.15) is 18.2 Å². The predicted molar refractivity (Wildman–Crippen MR) is 57.7 cm³/mol. The van der Waals surface area contributed by atoms with Crippen LogP contribution >= 0.6 is 0 Å². The molecule has 1 amide bonds. The molecule has 1 aromatic heterocycles. The van der Waals surface area contributed by atoms with E-state index in [-0.39, 0.29) is 24.8 Å². The molecule has 0 saturated carbocycles. The van der Waals surface area contributed by atoms with Crippen molar-refractivity contribution in [3.05, 3.63) is 17.7 Å². The number of nitrogens with two attached hydrogens (primary N) is 2. The molecule has 1 aromatic rings. The van der Waals surface area contributed by atoms with E-state index in [1.54, 1.807) is 0 Å². The van der Waals surface area contributed by atoms with E-state index in [9.17, 15) is 18.0 Å². The first-order valence-electron chi connectivity index (χ1n) is 4.80. The van der Waals surface area contributed by atoms with Gasteiger partial charge in [-0.15, -0.1) is 0 Å². The zero-order valence-corrected chi connectivity index (χ0v) is 9.12. The molecule has 1 heterocycles. The van der Waals surface area contributed by atoms with Gasteiger partial charge < -0.3 is 21.5 Å². The summed E-state index contributed by atoms with van der Waals surface area (Å²) in [6.45, 7) is -0.0240. The van der Waals surface area contributed by atoms with Crippen LogP contribution in [-0.4, -0.2) is 24.2 Å². The highest BCUT2D eigenvalue weighted by molar-refractivity contribution is 5.64. The minimum Gasteiger partial charge on any atom is -0.448 e. The summed E-state index contributed by atoms with van der Waals surface area (Å²) in [6.07, 6.45) is -5.47. The molecular formula is C9H11F3N4O2. The van der Waals surface area contributed by atoms with Crippen LogP contribution in [0.2, 0.25) is 0 Å². The van der Waals surface area contributed by atoms with Gasteiger partial charge in [-0.3, -0.25) is 0 Å². The fourth-order valence-corrected chi connectivity index (χ4v) is 1.14. The average molecular weight is 264 g/mol. The number of pyridine rings is 1. The number of carbonyl (C=O) groups excluding carboxylic acids is 1. The van der Waals surface area contributed by atoms with E-state index in [4.69, 9.17) is 11.5 Å². The van der Waals surface area contributed by atoms with Gasteiger partial charge in [0.15, 0.2) is 0 Å². The number of anilines is 2. The van der Waals surface area contributed by atoms with Crippen molar-refractivity contribution in [2.75, 3.05) is 24.2 Å². The molecule has 5 N–H and O–H groups in total. The number of alkyl halides is 3. The molecule has 0 fully saturated rings. The number of primary amides is 1. The van der Waals surface area contributed by atoms with Gasteiger partial charge in [-0.2, -0.15) is 13.2 Å². The van der Waals surface area contributed by atoms with E-state index < -0.39 is 17.8 Å². The molecule has 0 spiro atoms. The van der Waals surface area contributed by atoms with Crippen molar-refractivity contribution in [3.63, 3.8) is 0 Å². The van der Waals surface area contributed by atoms with Gasteiger partial charge in [0.05, 0.1) is 12.1 Å². The highest BCUT2D eigenvalue weighted by atomic mass is 19.4. The fraction of sp³-hybridized carbons (Fsp3) is 0.333. The minimum atomic E-state index is -4.50. The lowest BCUT2D eigenvalue weighted by atomic mass is 10.2. The average Bonchev–Trinajstić information content (AvgIpc) is 2.22. The quantitative estimate of drug-likeness (QED) is 0.709. The number of hydrogen-bond acceptors (Lipinski definition) is 5. The highest BCUT2D eigenvalue weighted by Gasteiger charge is 2.31. The van der Waals surface area contributed by atoms with Crippen LogP contribution in [0.25, 0.3) is 0 Å². The van der Waals surface area contributed by atoms with Crippen molar-refractivity contribution >= 4 is 17.7 Å². The number of nitrogens with zero attached hydrogens (tertiary/aromatic N) is 1. The number of ether oxygens (including phenoxy) is 1. The number of carbonyl (C=O) groups is 1. The summed E-state index contributed by atoms with van der Waals surface area (Å²) < 4.78 is 41.7. The smallest absolute Gasteiger partial charge is 0.416 e. The maximum Gasteiger partial charge on any atom is 0.416 e. The molecule has 100 valence electrons. The van der Waals surface area contributed by atoms with Crippen LogP contribution in [0.3, 0.4) is 0 Å². The van der Waals surface area contributed by atoms with Crippen LogP contribution < -0.4 is 16.8 Å². The maximum atomic E-state index is 12.4. The largest absolute Gasteiger partial charge is 0.448 e. The number of halogens is 3. The molecule has 18 heavy (non-hydrogen) atoms. The predicted octanol–water partition coefficient (Wildman–Crippen LogP) is 1.19. The Morgan fingerprint density at radius 1 is 1.44 bits per heavy atom. The SMILES string of the molecule is NC(=O)OCCNc1cc(C(F)(F)F)cc(N)n1. The molecule has 1 rings (SSSR count). The molecule has 0 radical (unpaired) electrons. The molecule has 0 atom stereocenters. The Bertz CT molecular complexity index is 436. The third-order valence-corrected chi connectivity index (χ3v) is 1.82. The summed E-state index contributed by atoms with van der Waals surface area (Å²) in [7, 11) is 0. The molecule has 0 aromatic carbocycles. The van der Waals surface area contributed by atoms with Gasteiger partial charge in [0.2, 0.25) is 0 Å². The van der Waals surface area contributed by atoms with E-state index in [2.05, 4.69) is 15.0 Å². The van der Waals surface area contributed by atoms with Gasteiger partial charge in [-0.1, -0.05) is 0 Å². The number of rotatable bonds is 4. The maximum absolute atomic E-state index is 12.4. The van der Waals surface area contributed by atoms with Crippen LogP contribution in [0.15, 0.2) is 12.1 Å². The second-order valence-corrected chi connectivity index (χ2v) is 3.26. The lowest BCUT2D eigenvalue weighted by Crippen LogP contribution is -2.19. The lowest BCUT2D eigenvalue weighted by molar-refractivity contribution is -0.137.